The molecule has 180 valence electrons. The van der Waals surface area contributed by atoms with E-state index >= 15 is 0 Å². The van der Waals surface area contributed by atoms with E-state index in [9.17, 15) is 32.9 Å². The molecule has 21 heteroatoms. The number of aromatic nitrogens is 2. The number of terminal acetylenes is 1. The molecule has 0 saturated carbocycles. The smallest absolute Gasteiger partial charge is 0.387 e. The molecule has 1 aromatic heterocycles. The fourth-order valence-corrected chi connectivity index (χ4v) is 5.73. The van der Waals surface area contributed by atoms with Crippen LogP contribution in [0.25, 0.3) is 0 Å². The molecule has 1 saturated heterocycles. The number of hydrogen-bond donors (Lipinski definition) is 6. The van der Waals surface area contributed by atoms with Gasteiger partial charge in [-0.15, -0.1) is 6.42 Å². The Balaban J connectivity index is 2.22. The Labute approximate surface area is 182 Å². The maximum absolute atomic E-state index is 13.8. The molecule has 0 aromatic carbocycles. The highest BCUT2D eigenvalue weighted by atomic mass is 35.5. The first kappa shape index (κ1) is 27.0. The van der Waals surface area contributed by atoms with Gasteiger partial charge < -0.3 is 35.2 Å². The molecule has 1 aliphatic rings. The van der Waals surface area contributed by atoms with Gasteiger partial charge in [0.25, 0.3) is 0 Å². The highest BCUT2D eigenvalue weighted by molar-refractivity contribution is 7.66. The summed E-state index contributed by atoms with van der Waals surface area (Å²) in [6.45, 7) is -1.14. The standard InChI is InChI=1S/C11H14ClFN3O13P3/c1-2-11(12)7(17)6(27-9(11)16-3-5(13)8(14)15-10(16)18)4-26-31(22,23)29-32(24,25)28-30(19,20)21/h1,3,6-7,9,17H,4H2,(H,22,23)(H,24,25)(H2,14,15,18)(H2,19,20,21)/t6-,7?,9-,11?/m1/s1. The minimum Gasteiger partial charge on any atom is -0.387 e. The van der Waals surface area contributed by atoms with Crippen LogP contribution in [-0.2, 0) is 31.6 Å². The van der Waals surface area contributed by atoms with E-state index in [2.05, 4.69) is 18.1 Å². The maximum Gasteiger partial charge on any atom is 0.490 e. The number of aliphatic hydroxyl groups excluding tert-OH is 1. The monoisotopic (exact) mass is 543 g/mol. The number of anilines is 1. The summed E-state index contributed by atoms with van der Waals surface area (Å²) in [5, 5.41) is 10.4. The van der Waals surface area contributed by atoms with Gasteiger partial charge in [-0.3, -0.25) is 9.09 Å². The van der Waals surface area contributed by atoms with E-state index in [4.69, 9.17) is 43.2 Å². The minimum atomic E-state index is -5.79. The Kier molecular flexibility index (Phi) is 7.78. The van der Waals surface area contributed by atoms with E-state index < -0.39 is 70.7 Å². The van der Waals surface area contributed by atoms with Crippen molar-refractivity contribution in [3.05, 3.63) is 22.5 Å². The number of nitrogens with zero attached hydrogens (tertiary/aromatic N) is 2. The van der Waals surface area contributed by atoms with Crippen LogP contribution in [0.5, 0.6) is 0 Å². The van der Waals surface area contributed by atoms with E-state index in [1.165, 1.54) is 0 Å². The summed E-state index contributed by atoms with van der Waals surface area (Å²) >= 11 is 6.13. The van der Waals surface area contributed by atoms with Crippen molar-refractivity contribution in [1.82, 2.24) is 9.55 Å². The zero-order valence-electron chi connectivity index (χ0n) is 15.2. The molecule has 6 atom stereocenters. The predicted molar refractivity (Wildman–Crippen MR) is 100 cm³/mol. The maximum atomic E-state index is 13.8. The van der Waals surface area contributed by atoms with Crippen molar-refractivity contribution in [2.45, 2.75) is 23.3 Å². The Morgan fingerprint density at radius 1 is 1.31 bits per heavy atom. The first-order valence-corrected chi connectivity index (χ1v) is 12.6. The van der Waals surface area contributed by atoms with Gasteiger partial charge in [-0.2, -0.15) is 13.6 Å². The number of ether oxygens (including phenoxy) is 1. The predicted octanol–water partition coefficient (Wildman–Crippen LogP) is -0.823. The number of phosphoric ester groups is 1. The Bertz CT molecular complexity index is 1140. The van der Waals surface area contributed by atoms with Crippen molar-refractivity contribution in [1.29, 1.82) is 0 Å². The minimum absolute atomic E-state index is 0.451. The second kappa shape index (κ2) is 9.21. The Morgan fingerprint density at radius 2 is 1.91 bits per heavy atom. The molecular weight excluding hydrogens is 530 g/mol. The number of aliphatic hydroxyl groups is 1. The molecule has 2 rings (SSSR count). The molecule has 0 spiro atoms. The van der Waals surface area contributed by atoms with Crippen LogP contribution in [0, 0.1) is 18.2 Å². The lowest BCUT2D eigenvalue weighted by Gasteiger charge is -2.25. The molecule has 0 radical (unpaired) electrons. The number of halogens is 2. The van der Waals surface area contributed by atoms with Gasteiger partial charge in [-0.1, -0.05) is 17.5 Å². The average molecular weight is 544 g/mol. The van der Waals surface area contributed by atoms with Crippen molar-refractivity contribution in [2.75, 3.05) is 12.3 Å². The van der Waals surface area contributed by atoms with Gasteiger partial charge in [0.2, 0.25) is 0 Å². The van der Waals surface area contributed by atoms with Crippen molar-refractivity contribution >= 4 is 40.9 Å². The SMILES string of the molecule is C#CC1(Cl)C(O)[C@@H](COP(=O)(O)OP(=O)(O)OP(=O)(O)O)O[C@H]1n1cc(F)c(N)nc1=O. The van der Waals surface area contributed by atoms with Crippen molar-refractivity contribution in [3.8, 4) is 12.3 Å². The first-order chi connectivity index (χ1) is 14.4. The van der Waals surface area contributed by atoms with Gasteiger partial charge in [0.05, 0.1) is 12.8 Å². The van der Waals surface area contributed by atoms with Gasteiger partial charge >= 0.3 is 29.2 Å². The lowest BCUT2D eigenvalue weighted by atomic mass is 9.99. The molecule has 1 fully saturated rings. The van der Waals surface area contributed by atoms with Crippen molar-refractivity contribution < 1.29 is 60.6 Å². The third-order valence-electron chi connectivity index (χ3n) is 3.67. The molecule has 7 N–H and O–H groups in total. The summed E-state index contributed by atoms with van der Waals surface area (Å²) in [7, 11) is -17.0. The summed E-state index contributed by atoms with van der Waals surface area (Å²) in [6.07, 6.45) is 0.354. The molecular formula is C11H14ClFN3O13P3. The lowest BCUT2D eigenvalue weighted by Crippen LogP contribution is -2.43. The molecule has 0 amide bonds. The second-order valence-corrected chi connectivity index (χ2v) is 11.0. The van der Waals surface area contributed by atoms with E-state index in [-0.39, 0.29) is 0 Å². The number of nitrogen functional groups attached to an aromatic ring is 1. The van der Waals surface area contributed by atoms with E-state index in [0.717, 1.165) is 0 Å². The van der Waals surface area contributed by atoms with Crippen LogP contribution in [0.1, 0.15) is 6.23 Å². The number of alkyl halides is 1. The van der Waals surface area contributed by atoms with Gasteiger partial charge in [0, 0.05) is 0 Å². The fourth-order valence-electron chi connectivity index (χ4n) is 2.41. The Morgan fingerprint density at radius 3 is 2.44 bits per heavy atom. The summed E-state index contributed by atoms with van der Waals surface area (Å²) in [5.41, 5.74) is 3.98. The van der Waals surface area contributed by atoms with Crippen LogP contribution in [0.4, 0.5) is 10.2 Å². The number of hydrogen-bond acceptors (Lipinski definition) is 11. The average Bonchev–Trinajstić information content (AvgIpc) is 2.85. The van der Waals surface area contributed by atoms with Crippen molar-refractivity contribution in [2.24, 2.45) is 0 Å². The lowest BCUT2D eigenvalue weighted by molar-refractivity contribution is -0.0457. The van der Waals surface area contributed by atoms with Gasteiger partial charge in [-0.05, 0) is 0 Å². The van der Waals surface area contributed by atoms with E-state index in [1.807, 2.05) is 5.92 Å². The fraction of sp³-hybridized carbons (Fsp3) is 0.455. The third-order valence-corrected chi connectivity index (χ3v) is 7.99. The van der Waals surface area contributed by atoms with Crippen LogP contribution < -0.4 is 11.4 Å². The largest absolute Gasteiger partial charge is 0.490 e. The topological polar surface area (TPSA) is 250 Å². The highest BCUT2D eigenvalue weighted by Crippen LogP contribution is 2.66. The van der Waals surface area contributed by atoms with Gasteiger partial charge in [-0.25, -0.2) is 22.9 Å². The van der Waals surface area contributed by atoms with E-state index in [0.29, 0.717) is 10.8 Å². The molecule has 16 nitrogen and oxygen atoms in total. The molecule has 0 bridgehead atoms. The molecule has 1 aliphatic heterocycles. The molecule has 2 heterocycles. The summed E-state index contributed by atoms with van der Waals surface area (Å²) in [6, 6.07) is 0. The number of nitrogens with two attached hydrogens (primary N) is 1. The first-order valence-electron chi connectivity index (χ1n) is 7.73. The molecule has 4 unspecified atom stereocenters. The highest BCUT2D eigenvalue weighted by Gasteiger charge is 2.56. The van der Waals surface area contributed by atoms with Crippen LogP contribution in [0.2, 0.25) is 0 Å². The number of phosphoric acid groups is 3. The zero-order chi connectivity index (χ0) is 24.7. The van der Waals surface area contributed by atoms with Gasteiger partial charge in [0.1, 0.15) is 12.2 Å². The normalized spacial score (nSPS) is 29.8. The number of rotatable bonds is 8. The zero-order valence-corrected chi connectivity index (χ0v) is 18.6. The molecule has 0 aliphatic carbocycles. The van der Waals surface area contributed by atoms with Crippen LogP contribution in [-0.4, -0.2) is 57.9 Å². The Hall–Kier alpha value is -1.21. The third kappa shape index (κ3) is 6.22. The van der Waals surface area contributed by atoms with Crippen LogP contribution >= 0.6 is 35.1 Å². The van der Waals surface area contributed by atoms with E-state index in [1.54, 1.807) is 0 Å². The van der Waals surface area contributed by atoms with Crippen LogP contribution in [0.15, 0.2) is 11.0 Å². The molecule has 1 aromatic rings. The van der Waals surface area contributed by atoms with Crippen LogP contribution in [0.3, 0.4) is 0 Å². The summed E-state index contributed by atoms with van der Waals surface area (Å²) in [4.78, 5) is 48.5. The molecule has 32 heavy (non-hydrogen) atoms. The quantitative estimate of drug-likeness (QED) is 0.133. The van der Waals surface area contributed by atoms with Crippen molar-refractivity contribution in [3.63, 3.8) is 0 Å². The summed E-state index contributed by atoms with van der Waals surface area (Å²) < 4.78 is 64.6. The summed E-state index contributed by atoms with van der Waals surface area (Å²) in [5.74, 6) is 0.00520. The van der Waals surface area contributed by atoms with Gasteiger partial charge in [0.15, 0.2) is 22.7 Å². The second-order valence-electron chi connectivity index (χ2n) is 5.93.